The Morgan fingerprint density at radius 2 is 2.06 bits per heavy atom. The minimum Gasteiger partial charge on any atom is -0.378 e. The van der Waals surface area contributed by atoms with Crippen molar-refractivity contribution in [1.82, 2.24) is 10.6 Å². The van der Waals surface area contributed by atoms with Crippen LogP contribution >= 0.6 is 17.0 Å². The summed E-state index contributed by atoms with van der Waals surface area (Å²) in [6, 6.07) is 0. The number of nitrogens with zero attached hydrogens (tertiary/aromatic N) is 1. The molecule has 0 unspecified atom stereocenters. The third kappa shape index (κ3) is 6.05. The van der Waals surface area contributed by atoms with Gasteiger partial charge in [-0.15, -0.1) is 17.0 Å². The summed E-state index contributed by atoms with van der Waals surface area (Å²) < 4.78 is 5.82. The molecular weight excluding hydrogens is 294 g/mol. The number of halogens is 1. The zero-order chi connectivity index (χ0) is 11.8. The summed E-state index contributed by atoms with van der Waals surface area (Å²) >= 11 is 0. The molecule has 106 valence electrons. The predicted molar refractivity (Wildman–Crippen MR) is 80.7 cm³/mol. The molecule has 0 aromatic rings. The largest absolute Gasteiger partial charge is 0.378 e. The van der Waals surface area contributed by atoms with Gasteiger partial charge in [0.25, 0.3) is 0 Å². The second kappa shape index (κ2) is 9.62. The van der Waals surface area contributed by atoms with Gasteiger partial charge in [-0.05, 0) is 32.1 Å². The molecule has 2 N–H and O–H groups in total. The van der Waals surface area contributed by atoms with Crippen molar-refractivity contribution in [2.24, 2.45) is 4.99 Å². The summed E-state index contributed by atoms with van der Waals surface area (Å²) in [5, 5.41) is 6.66. The van der Waals surface area contributed by atoms with Crippen LogP contribution in [0.4, 0.5) is 0 Å². The molecule has 4 nitrogen and oxygen atoms in total. The molecule has 0 spiro atoms. The molecule has 1 heterocycles. The number of hydrogen-bond acceptors (Lipinski definition) is 4. The van der Waals surface area contributed by atoms with Crippen LogP contribution in [-0.4, -0.2) is 38.3 Å². The lowest BCUT2D eigenvalue weighted by Crippen LogP contribution is -2.37. The first-order chi connectivity index (χ1) is 8.45. The first-order valence-corrected chi connectivity index (χ1v) is 7.09. The molecule has 0 aromatic carbocycles. The minimum absolute atomic E-state index is 0. The fourth-order valence-corrected chi connectivity index (χ4v) is 2.39. The third-order valence-electron chi connectivity index (χ3n) is 3.42. The van der Waals surface area contributed by atoms with Crippen molar-refractivity contribution in [2.45, 2.75) is 51.0 Å². The summed E-state index contributed by atoms with van der Waals surface area (Å²) in [5.41, 5.74) is 0. The molecule has 0 saturated heterocycles. The van der Waals surface area contributed by atoms with Crippen molar-refractivity contribution >= 4 is 22.9 Å². The minimum atomic E-state index is 0. The topological polar surface area (TPSA) is 45.6 Å². The smallest absolute Gasteiger partial charge is 0.191 e. The first-order valence-electron chi connectivity index (χ1n) is 7.09. The van der Waals surface area contributed by atoms with Crippen LogP contribution in [-0.2, 0) is 4.74 Å². The van der Waals surface area contributed by atoms with Crippen LogP contribution < -0.4 is 10.6 Å². The normalized spacial score (nSPS) is 20.6. The molecule has 0 bridgehead atoms. The number of rotatable bonds is 5. The first kappa shape index (κ1) is 15.8. The zero-order valence-electron chi connectivity index (χ0n) is 11.1. The van der Waals surface area contributed by atoms with E-state index in [1.165, 1.54) is 38.5 Å². The number of hydrogen-bond donors (Lipinski definition) is 2. The molecule has 2 rings (SSSR count). The quantitative estimate of drug-likeness (QED) is 0.764. The molecule has 0 aromatic heterocycles. The number of nitrogens with one attached hydrogen (secondary N) is 2. The van der Waals surface area contributed by atoms with E-state index in [-0.39, 0.29) is 17.0 Å². The van der Waals surface area contributed by atoms with Gasteiger partial charge in [0.15, 0.2) is 5.96 Å². The summed E-state index contributed by atoms with van der Waals surface area (Å²) in [5.74, 6) is 0.975. The predicted octanol–water partition coefficient (Wildman–Crippen LogP) is 2.24. The van der Waals surface area contributed by atoms with Gasteiger partial charge in [0.2, 0.25) is 0 Å². The third-order valence-corrected chi connectivity index (χ3v) is 3.42. The Morgan fingerprint density at radius 3 is 2.89 bits per heavy atom. The van der Waals surface area contributed by atoms with Crippen molar-refractivity contribution < 1.29 is 4.74 Å². The SMILES string of the molecule is Br.C1CCNC(NCCCOC2CCCC2)=NC1. The number of aliphatic imine (C=N–C) groups is 1. The van der Waals surface area contributed by atoms with Crippen LogP contribution in [0.5, 0.6) is 0 Å². The van der Waals surface area contributed by atoms with Gasteiger partial charge >= 0.3 is 0 Å². The molecule has 2 aliphatic rings. The van der Waals surface area contributed by atoms with Gasteiger partial charge in [0.05, 0.1) is 6.10 Å². The van der Waals surface area contributed by atoms with E-state index in [1.807, 2.05) is 0 Å². The van der Waals surface area contributed by atoms with Gasteiger partial charge < -0.3 is 15.4 Å². The monoisotopic (exact) mass is 319 g/mol. The lowest BCUT2D eigenvalue weighted by atomic mass is 10.3. The van der Waals surface area contributed by atoms with E-state index in [0.29, 0.717) is 6.10 Å². The Kier molecular flexibility index (Phi) is 8.42. The van der Waals surface area contributed by atoms with Crippen LogP contribution in [0.25, 0.3) is 0 Å². The molecule has 1 aliphatic carbocycles. The Balaban J connectivity index is 0.00000162. The fraction of sp³-hybridized carbons (Fsp3) is 0.923. The Morgan fingerprint density at radius 1 is 1.22 bits per heavy atom. The van der Waals surface area contributed by atoms with Crippen molar-refractivity contribution in [3.63, 3.8) is 0 Å². The van der Waals surface area contributed by atoms with E-state index < -0.39 is 0 Å². The van der Waals surface area contributed by atoms with Crippen LogP contribution in [0.2, 0.25) is 0 Å². The van der Waals surface area contributed by atoms with E-state index in [9.17, 15) is 0 Å². The maximum atomic E-state index is 5.82. The molecule has 0 amide bonds. The molecule has 5 heteroatoms. The van der Waals surface area contributed by atoms with E-state index in [4.69, 9.17) is 4.74 Å². The number of ether oxygens (including phenoxy) is 1. The van der Waals surface area contributed by atoms with Crippen LogP contribution in [0.3, 0.4) is 0 Å². The van der Waals surface area contributed by atoms with Crippen LogP contribution in [0, 0.1) is 0 Å². The van der Waals surface area contributed by atoms with Crippen molar-refractivity contribution in [3.8, 4) is 0 Å². The van der Waals surface area contributed by atoms with E-state index in [2.05, 4.69) is 15.6 Å². The Hall–Kier alpha value is -0.290. The van der Waals surface area contributed by atoms with Gasteiger partial charge in [0, 0.05) is 26.2 Å². The van der Waals surface area contributed by atoms with E-state index >= 15 is 0 Å². The summed E-state index contributed by atoms with van der Waals surface area (Å²) in [7, 11) is 0. The fourth-order valence-electron chi connectivity index (χ4n) is 2.39. The van der Waals surface area contributed by atoms with Gasteiger partial charge in [-0.1, -0.05) is 12.8 Å². The number of guanidine groups is 1. The zero-order valence-corrected chi connectivity index (χ0v) is 12.8. The van der Waals surface area contributed by atoms with Gasteiger partial charge in [-0.2, -0.15) is 0 Å². The second-order valence-corrected chi connectivity index (χ2v) is 4.92. The molecule has 1 aliphatic heterocycles. The van der Waals surface area contributed by atoms with Crippen LogP contribution in [0.15, 0.2) is 4.99 Å². The second-order valence-electron chi connectivity index (χ2n) is 4.92. The van der Waals surface area contributed by atoms with E-state index in [0.717, 1.165) is 38.6 Å². The standard InChI is InChI=1S/C13H25N3O.BrH/c1-2-7-12(6-1)17-11-5-10-16-13-14-8-3-4-9-15-13;/h12H,1-11H2,(H2,14,15,16);1H. The summed E-state index contributed by atoms with van der Waals surface area (Å²) in [4.78, 5) is 4.45. The lowest BCUT2D eigenvalue weighted by molar-refractivity contribution is 0.0574. The highest BCUT2D eigenvalue weighted by molar-refractivity contribution is 8.93. The Bertz CT molecular complexity index is 242. The van der Waals surface area contributed by atoms with Crippen molar-refractivity contribution in [3.05, 3.63) is 0 Å². The van der Waals surface area contributed by atoms with Gasteiger partial charge in [0.1, 0.15) is 0 Å². The molecule has 0 radical (unpaired) electrons. The van der Waals surface area contributed by atoms with Crippen LogP contribution in [0.1, 0.15) is 44.9 Å². The van der Waals surface area contributed by atoms with Crippen molar-refractivity contribution in [2.75, 3.05) is 26.2 Å². The van der Waals surface area contributed by atoms with Gasteiger partial charge in [-0.3, -0.25) is 4.99 Å². The van der Waals surface area contributed by atoms with Crippen molar-refractivity contribution in [1.29, 1.82) is 0 Å². The summed E-state index contributed by atoms with van der Waals surface area (Å²) in [6.45, 7) is 3.84. The average Bonchev–Trinajstić information content (AvgIpc) is 2.72. The summed E-state index contributed by atoms with van der Waals surface area (Å²) in [6.07, 6.45) is 9.26. The molecule has 0 atom stereocenters. The molecular formula is C13H26BrN3O. The average molecular weight is 320 g/mol. The highest BCUT2D eigenvalue weighted by Gasteiger charge is 2.14. The molecule has 1 saturated carbocycles. The van der Waals surface area contributed by atoms with E-state index in [1.54, 1.807) is 0 Å². The maximum Gasteiger partial charge on any atom is 0.191 e. The highest BCUT2D eigenvalue weighted by atomic mass is 79.9. The van der Waals surface area contributed by atoms with Gasteiger partial charge in [-0.25, -0.2) is 0 Å². The molecule has 18 heavy (non-hydrogen) atoms. The lowest BCUT2D eigenvalue weighted by Gasteiger charge is -2.12. The Labute approximate surface area is 121 Å². The maximum absolute atomic E-state index is 5.82. The molecule has 1 fully saturated rings. The highest BCUT2D eigenvalue weighted by Crippen LogP contribution is 2.20.